The molecule has 1 aliphatic carbocycles. The molecule has 0 bridgehead atoms. The number of thiazole rings is 1. The van der Waals surface area contributed by atoms with Crippen LogP contribution >= 0.6 is 23.1 Å². The zero-order chi connectivity index (χ0) is 39.0. The summed E-state index contributed by atoms with van der Waals surface area (Å²) in [4.78, 5) is 66.7. The van der Waals surface area contributed by atoms with Crippen molar-refractivity contribution in [2.75, 3.05) is 11.5 Å². The highest BCUT2D eigenvalue weighted by Crippen LogP contribution is 2.45. The summed E-state index contributed by atoms with van der Waals surface area (Å²) in [6.45, 7) is 3.41. The van der Waals surface area contributed by atoms with Gasteiger partial charge in [0.2, 0.25) is 17.0 Å². The number of hydrogen-bond donors (Lipinski definition) is 4. The Hall–Kier alpha value is -5.55. The van der Waals surface area contributed by atoms with Crippen molar-refractivity contribution >= 4 is 74.4 Å². The molecule has 3 aromatic heterocycles. The zero-order valence-corrected chi connectivity index (χ0v) is 31.9. The SMILES string of the molecule is CC(C)(O/N=C(\C(=O)C[C@@H]1C(=O)N2C(C(=O)O)=C(C[n+]3cccc4c3ccn4Cc3ccc(C(N)=NC4CCCC4)cc3)CS[C@H]12)c1csc(N)n1)C(=O)O. The van der Waals surface area contributed by atoms with E-state index in [0.29, 0.717) is 29.7 Å². The number of fused-ring (bicyclic) bond motifs is 2. The summed E-state index contributed by atoms with van der Waals surface area (Å²) in [6.07, 6.45) is 8.14. The van der Waals surface area contributed by atoms with Gasteiger partial charge in [0, 0.05) is 53.6 Å². The number of benzene rings is 1. The lowest BCUT2D eigenvalue weighted by Gasteiger charge is -2.49. The van der Waals surface area contributed by atoms with Crippen LogP contribution < -0.4 is 16.0 Å². The van der Waals surface area contributed by atoms with E-state index < -0.39 is 40.5 Å². The number of β-lactam (4-membered cyclic amide) rings is 1. The Balaban J connectivity index is 1.06. The molecule has 5 heterocycles. The highest BCUT2D eigenvalue weighted by molar-refractivity contribution is 8.00. The highest BCUT2D eigenvalue weighted by Gasteiger charge is 2.54. The number of oxime groups is 1. The van der Waals surface area contributed by atoms with Gasteiger partial charge in [0.05, 0.1) is 17.3 Å². The molecule has 15 nitrogen and oxygen atoms in total. The molecule has 1 saturated heterocycles. The molecular weight excluding hydrogens is 745 g/mol. The molecule has 1 saturated carbocycles. The maximum absolute atomic E-state index is 13.6. The number of nitrogens with zero attached hydrogens (tertiary/aromatic N) is 6. The van der Waals surface area contributed by atoms with Crippen molar-refractivity contribution in [1.82, 2.24) is 14.5 Å². The topological polar surface area (TPSA) is 220 Å². The van der Waals surface area contributed by atoms with Crippen LogP contribution in [-0.2, 0) is 37.1 Å². The number of carboxylic acid groups (broad SMARTS) is 2. The van der Waals surface area contributed by atoms with E-state index in [1.807, 2.05) is 47.3 Å². The van der Waals surface area contributed by atoms with E-state index in [1.165, 1.54) is 48.7 Å². The number of amidine groups is 1. The number of hydrogen-bond acceptors (Lipinski definition) is 11. The maximum atomic E-state index is 13.6. The number of carbonyl (C=O) groups is 4. The van der Waals surface area contributed by atoms with Gasteiger partial charge in [-0.05, 0) is 38.3 Å². The number of carbonyl (C=O) groups excluding carboxylic acids is 2. The fourth-order valence-electron chi connectivity index (χ4n) is 7.05. The number of aromatic nitrogens is 3. The standard InChI is InChI=1S/C38H40N8O7S2/c1-38(2,36(51)52)53-43-30(26-20-55-37(40)42-26)29(47)16-25-33(48)46-31(35(49)50)23(19-54-34(25)46)18-44-14-5-8-27-28(44)13-15-45(27)17-21-9-11-22(12-10-21)32(39)41-24-6-3-4-7-24/h5,8-15,20,24-25,34H,3-4,6-7,16-19H2,1-2H3,(H5-,39,40,41,42,49,50,51,52)/p+1/b43-30-/t25-,34-/m1/s1. The van der Waals surface area contributed by atoms with Crippen molar-refractivity contribution in [1.29, 1.82) is 0 Å². The summed E-state index contributed by atoms with van der Waals surface area (Å²) >= 11 is 2.44. The highest BCUT2D eigenvalue weighted by atomic mass is 32.2. The van der Waals surface area contributed by atoms with E-state index in [2.05, 4.69) is 26.8 Å². The average molecular weight is 786 g/mol. The lowest BCUT2D eigenvalue weighted by molar-refractivity contribution is -0.663. The Kier molecular flexibility index (Phi) is 10.5. The van der Waals surface area contributed by atoms with E-state index in [0.717, 1.165) is 46.3 Å². The van der Waals surface area contributed by atoms with Gasteiger partial charge < -0.3 is 31.1 Å². The second-order valence-electron chi connectivity index (χ2n) is 14.3. The Morgan fingerprint density at radius 2 is 1.85 bits per heavy atom. The second kappa shape index (κ2) is 15.3. The van der Waals surface area contributed by atoms with Crippen LogP contribution in [-0.4, -0.2) is 82.6 Å². The lowest BCUT2D eigenvalue weighted by atomic mass is 9.89. The van der Waals surface area contributed by atoms with Gasteiger partial charge >= 0.3 is 11.9 Å². The second-order valence-corrected chi connectivity index (χ2v) is 16.3. The predicted molar refractivity (Wildman–Crippen MR) is 207 cm³/mol. The van der Waals surface area contributed by atoms with Gasteiger partial charge in [-0.1, -0.05) is 42.3 Å². The van der Waals surface area contributed by atoms with Gasteiger partial charge in [-0.15, -0.1) is 23.1 Å². The van der Waals surface area contributed by atoms with E-state index in [-0.39, 0.29) is 35.2 Å². The van der Waals surface area contributed by atoms with Crippen molar-refractivity contribution in [2.24, 2.45) is 21.8 Å². The van der Waals surface area contributed by atoms with Gasteiger partial charge in [0.15, 0.2) is 29.4 Å². The van der Waals surface area contributed by atoms with Gasteiger partial charge in [-0.25, -0.2) is 14.6 Å². The molecule has 55 heavy (non-hydrogen) atoms. The monoisotopic (exact) mass is 785 g/mol. The molecule has 1 aromatic carbocycles. The number of amides is 1. The molecule has 4 aromatic rings. The number of aliphatic imine (C=N–C) groups is 1. The minimum absolute atomic E-state index is 0.0879. The Bertz CT molecular complexity index is 2270. The van der Waals surface area contributed by atoms with Gasteiger partial charge in [-0.3, -0.25) is 19.5 Å². The average Bonchev–Trinajstić information content (AvgIpc) is 3.93. The Morgan fingerprint density at radius 3 is 2.53 bits per heavy atom. The van der Waals surface area contributed by atoms with Gasteiger partial charge in [0.1, 0.15) is 22.7 Å². The first-order valence-corrected chi connectivity index (χ1v) is 19.8. The van der Waals surface area contributed by atoms with Gasteiger partial charge in [0.25, 0.3) is 0 Å². The van der Waals surface area contributed by atoms with Crippen LogP contribution in [0.4, 0.5) is 5.13 Å². The van der Waals surface area contributed by atoms with E-state index in [1.54, 1.807) is 0 Å². The molecular formula is C38H41N8O7S2+. The molecule has 2 atom stereocenters. The van der Waals surface area contributed by atoms with Crippen molar-refractivity contribution in [3.8, 4) is 0 Å². The predicted octanol–water partition coefficient (Wildman–Crippen LogP) is 3.78. The summed E-state index contributed by atoms with van der Waals surface area (Å²) in [6, 6.07) is 14.3. The first-order valence-electron chi connectivity index (χ1n) is 17.8. The quantitative estimate of drug-likeness (QED) is 0.0474. The van der Waals surface area contributed by atoms with Crippen LogP contribution in [0.1, 0.15) is 62.8 Å². The maximum Gasteiger partial charge on any atom is 0.352 e. The molecule has 286 valence electrons. The first kappa shape index (κ1) is 37.8. The number of pyridine rings is 1. The summed E-state index contributed by atoms with van der Waals surface area (Å²) < 4.78 is 4.10. The molecule has 2 aliphatic heterocycles. The Labute approximate surface area is 324 Å². The molecule has 2 fully saturated rings. The minimum Gasteiger partial charge on any atom is -0.478 e. The van der Waals surface area contributed by atoms with Crippen LogP contribution in [0.2, 0.25) is 0 Å². The van der Waals surface area contributed by atoms with Crippen LogP contribution in [0, 0.1) is 5.92 Å². The molecule has 17 heteroatoms. The molecule has 1 amide bonds. The number of rotatable bonds is 14. The first-order chi connectivity index (χ1) is 26.3. The number of thioether (sulfide) groups is 1. The molecule has 0 unspecified atom stereocenters. The number of Topliss-reactive ketones (excluding diaryl/α,β-unsaturated/α-hetero) is 1. The number of nitrogens with two attached hydrogens (primary N) is 2. The van der Waals surface area contributed by atoms with E-state index in [9.17, 15) is 29.4 Å². The molecule has 6 N–H and O–H groups in total. The number of aliphatic carboxylic acids is 2. The van der Waals surface area contributed by atoms with Crippen molar-refractivity contribution in [3.05, 3.63) is 88.3 Å². The van der Waals surface area contributed by atoms with E-state index >= 15 is 0 Å². The summed E-state index contributed by atoms with van der Waals surface area (Å²) in [5.41, 5.74) is 14.5. The summed E-state index contributed by atoms with van der Waals surface area (Å²) in [7, 11) is 0. The summed E-state index contributed by atoms with van der Waals surface area (Å²) in [5, 5.41) is 24.7. The summed E-state index contributed by atoms with van der Waals surface area (Å²) in [5.74, 6) is -3.59. The Morgan fingerprint density at radius 1 is 1.11 bits per heavy atom. The smallest absolute Gasteiger partial charge is 0.352 e. The third kappa shape index (κ3) is 7.71. The van der Waals surface area contributed by atoms with Crippen LogP contribution in [0.15, 0.2) is 81.7 Å². The molecule has 0 radical (unpaired) electrons. The zero-order valence-electron chi connectivity index (χ0n) is 30.3. The fourth-order valence-corrected chi connectivity index (χ4v) is 9.00. The van der Waals surface area contributed by atoms with E-state index in [4.69, 9.17) is 21.3 Å². The largest absolute Gasteiger partial charge is 0.478 e. The molecule has 0 spiro atoms. The van der Waals surface area contributed by atoms with Crippen molar-refractivity contribution in [2.45, 2.75) is 76.1 Å². The van der Waals surface area contributed by atoms with Crippen molar-refractivity contribution < 1.29 is 38.8 Å². The van der Waals surface area contributed by atoms with Crippen LogP contribution in [0.3, 0.4) is 0 Å². The lowest BCUT2D eigenvalue weighted by Crippen LogP contribution is -2.62. The van der Waals surface area contributed by atoms with Crippen LogP contribution in [0.5, 0.6) is 0 Å². The fraction of sp³-hybridized carbons (Fsp3) is 0.368. The van der Waals surface area contributed by atoms with Crippen molar-refractivity contribution in [3.63, 3.8) is 0 Å². The molecule has 3 aliphatic rings. The number of ketones is 1. The van der Waals surface area contributed by atoms with Crippen LogP contribution in [0.25, 0.3) is 11.0 Å². The third-order valence-corrected chi connectivity index (χ3v) is 12.2. The number of carboxylic acids is 2. The van der Waals surface area contributed by atoms with Gasteiger partial charge in [-0.2, -0.15) is 4.57 Å². The number of anilines is 1. The number of nitrogen functional groups attached to an aromatic ring is 1. The third-order valence-electron chi connectivity index (χ3n) is 10.1. The normalized spacial score (nSPS) is 19.5. The minimum atomic E-state index is -1.75. The molecule has 7 rings (SSSR count).